The van der Waals surface area contributed by atoms with Crippen molar-refractivity contribution in [2.24, 2.45) is 5.73 Å². The largest absolute Gasteiger partial charge is 0.468 e. The fourth-order valence-corrected chi connectivity index (χ4v) is 3.41. The van der Waals surface area contributed by atoms with Crippen molar-refractivity contribution in [1.82, 2.24) is 0 Å². The third-order valence-electron chi connectivity index (χ3n) is 4.61. The van der Waals surface area contributed by atoms with E-state index in [0.717, 1.165) is 11.0 Å². The number of benzene rings is 2. The molecule has 2 amide bonds. The van der Waals surface area contributed by atoms with Crippen LogP contribution in [0.2, 0.25) is 0 Å². The molecule has 142 valence electrons. The Labute approximate surface area is 157 Å². The number of fused-ring (bicyclic) bond motifs is 1. The predicted molar refractivity (Wildman–Crippen MR) is 94.1 cm³/mol. The Morgan fingerprint density at radius 3 is 2.43 bits per heavy atom. The summed E-state index contributed by atoms with van der Waals surface area (Å²) in [6, 6.07) is 12.2. The van der Waals surface area contributed by atoms with Gasteiger partial charge >= 0.3 is 6.18 Å². The zero-order valence-corrected chi connectivity index (χ0v) is 14.2. The molecule has 28 heavy (non-hydrogen) atoms. The lowest BCUT2D eigenvalue weighted by Gasteiger charge is -2.22. The zero-order valence-electron chi connectivity index (χ0n) is 14.2. The fraction of sp³-hybridized carbons (Fsp3) is 0.100. The van der Waals surface area contributed by atoms with E-state index >= 15 is 0 Å². The van der Waals surface area contributed by atoms with Gasteiger partial charge in [0.2, 0.25) is 11.8 Å². The van der Waals surface area contributed by atoms with E-state index in [9.17, 15) is 22.8 Å². The first-order valence-electron chi connectivity index (χ1n) is 8.26. The molecule has 0 aliphatic carbocycles. The van der Waals surface area contributed by atoms with Gasteiger partial charge in [0.1, 0.15) is 11.7 Å². The van der Waals surface area contributed by atoms with Crippen LogP contribution in [0.5, 0.6) is 0 Å². The summed E-state index contributed by atoms with van der Waals surface area (Å²) >= 11 is 0. The number of furan rings is 1. The molecule has 4 rings (SSSR count). The number of rotatable bonds is 3. The summed E-state index contributed by atoms with van der Waals surface area (Å²) in [7, 11) is 0. The molecule has 0 bridgehead atoms. The normalized spacial score (nSPS) is 16.3. The third-order valence-corrected chi connectivity index (χ3v) is 4.61. The van der Waals surface area contributed by atoms with Crippen LogP contribution in [-0.4, -0.2) is 11.8 Å². The number of halogens is 3. The smallest absolute Gasteiger partial charge is 0.418 e. The van der Waals surface area contributed by atoms with Gasteiger partial charge < -0.3 is 10.2 Å². The van der Waals surface area contributed by atoms with Gasteiger partial charge in [-0.3, -0.25) is 14.5 Å². The summed E-state index contributed by atoms with van der Waals surface area (Å²) < 4.78 is 45.9. The first-order chi connectivity index (χ1) is 13.3. The zero-order chi connectivity index (χ0) is 20.1. The average Bonchev–Trinajstić information content (AvgIpc) is 3.25. The summed E-state index contributed by atoms with van der Waals surface area (Å²) in [5, 5.41) is 0. The maximum atomic E-state index is 13.5. The van der Waals surface area contributed by atoms with E-state index < -0.39 is 29.5 Å². The molecule has 2 aromatic carbocycles. The number of nitrogens with zero attached hydrogens (tertiary/aromatic N) is 1. The van der Waals surface area contributed by atoms with Crippen molar-refractivity contribution in [3.63, 3.8) is 0 Å². The third kappa shape index (κ3) is 2.74. The average molecular weight is 386 g/mol. The number of para-hydroxylation sites is 1. The standard InChI is InChI=1S/C20H13F3N2O3/c21-20(22,23)13-4-1-2-5-15(13)25-14-8-7-11(18(24)26)10-12(14)17(19(25)27)16-6-3-9-28-16/h1-10,17H,(H2,24,26). The molecule has 0 saturated carbocycles. The molecule has 5 nitrogen and oxygen atoms in total. The highest BCUT2D eigenvalue weighted by molar-refractivity contribution is 6.12. The maximum Gasteiger partial charge on any atom is 0.418 e. The van der Waals surface area contributed by atoms with Crippen LogP contribution >= 0.6 is 0 Å². The number of anilines is 2. The van der Waals surface area contributed by atoms with Gasteiger partial charge in [-0.1, -0.05) is 12.1 Å². The van der Waals surface area contributed by atoms with E-state index in [-0.39, 0.29) is 22.7 Å². The van der Waals surface area contributed by atoms with E-state index in [1.807, 2.05) is 0 Å². The molecule has 1 aliphatic rings. The second-order valence-corrected chi connectivity index (χ2v) is 6.27. The van der Waals surface area contributed by atoms with Crippen molar-refractivity contribution in [1.29, 1.82) is 0 Å². The van der Waals surface area contributed by atoms with E-state index in [1.165, 1.54) is 42.7 Å². The molecular weight excluding hydrogens is 373 g/mol. The Balaban J connectivity index is 1.95. The van der Waals surface area contributed by atoms with Gasteiger partial charge in [-0.25, -0.2) is 0 Å². The van der Waals surface area contributed by atoms with Gasteiger partial charge in [-0.05, 0) is 48.0 Å². The van der Waals surface area contributed by atoms with E-state index in [2.05, 4.69) is 0 Å². The molecule has 1 unspecified atom stereocenters. The number of hydrogen-bond donors (Lipinski definition) is 1. The monoisotopic (exact) mass is 386 g/mol. The highest BCUT2D eigenvalue weighted by Gasteiger charge is 2.44. The van der Waals surface area contributed by atoms with Crippen LogP contribution < -0.4 is 10.6 Å². The second-order valence-electron chi connectivity index (χ2n) is 6.27. The lowest BCUT2D eigenvalue weighted by Crippen LogP contribution is -2.26. The predicted octanol–water partition coefficient (Wildman–Crippen LogP) is 4.21. The number of carbonyl (C=O) groups excluding carboxylic acids is 2. The highest BCUT2D eigenvalue weighted by Crippen LogP contribution is 2.48. The van der Waals surface area contributed by atoms with Crippen molar-refractivity contribution in [2.75, 3.05) is 4.90 Å². The molecular formula is C20H13F3N2O3. The van der Waals surface area contributed by atoms with E-state index in [1.54, 1.807) is 12.1 Å². The van der Waals surface area contributed by atoms with Crippen LogP contribution in [0.3, 0.4) is 0 Å². The number of alkyl halides is 3. The number of amides is 2. The Bertz CT molecular complexity index is 1070. The van der Waals surface area contributed by atoms with E-state index in [4.69, 9.17) is 10.2 Å². The Kier molecular flexibility index (Phi) is 3.99. The maximum absolute atomic E-state index is 13.5. The molecule has 1 aliphatic heterocycles. The highest BCUT2D eigenvalue weighted by atomic mass is 19.4. The van der Waals surface area contributed by atoms with Crippen molar-refractivity contribution < 1.29 is 27.2 Å². The Hall–Kier alpha value is -3.55. The van der Waals surface area contributed by atoms with Crippen molar-refractivity contribution >= 4 is 23.2 Å². The topological polar surface area (TPSA) is 76.5 Å². The first kappa shape index (κ1) is 17.8. The Morgan fingerprint density at radius 1 is 1.04 bits per heavy atom. The van der Waals surface area contributed by atoms with Crippen molar-refractivity contribution in [3.8, 4) is 0 Å². The van der Waals surface area contributed by atoms with Gasteiger partial charge in [-0.2, -0.15) is 13.2 Å². The number of hydrogen-bond acceptors (Lipinski definition) is 3. The molecule has 0 spiro atoms. The van der Waals surface area contributed by atoms with Crippen LogP contribution in [0.25, 0.3) is 0 Å². The quantitative estimate of drug-likeness (QED) is 0.733. The van der Waals surface area contributed by atoms with Gasteiger partial charge in [0.15, 0.2) is 0 Å². The number of primary amides is 1. The minimum absolute atomic E-state index is 0.147. The summed E-state index contributed by atoms with van der Waals surface area (Å²) in [6.07, 6.45) is -3.28. The van der Waals surface area contributed by atoms with Gasteiger partial charge in [0.05, 0.1) is 23.2 Å². The molecule has 0 radical (unpaired) electrons. The fourth-order valence-electron chi connectivity index (χ4n) is 3.41. The summed E-state index contributed by atoms with van der Waals surface area (Å²) in [5.41, 5.74) is 4.84. The van der Waals surface area contributed by atoms with Crippen LogP contribution in [0, 0.1) is 0 Å². The van der Waals surface area contributed by atoms with Gasteiger partial charge in [0, 0.05) is 5.56 Å². The summed E-state index contributed by atoms with van der Waals surface area (Å²) in [4.78, 5) is 25.8. The van der Waals surface area contributed by atoms with Gasteiger partial charge in [-0.15, -0.1) is 0 Å². The lowest BCUT2D eigenvalue weighted by molar-refractivity contribution is -0.137. The number of carbonyl (C=O) groups is 2. The SMILES string of the molecule is NC(=O)c1ccc2c(c1)C(c1ccco1)C(=O)N2c1ccccc1C(F)(F)F. The van der Waals surface area contributed by atoms with Crippen LogP contribution in [0.4, 0.5) is 24.5 Å². The van der Waals surface area contributed by atoms with Crippen LogP contribution in [-0.2, 0) is 11.0 Å². The molecule has 8 heteroatoms. The van der Waals surface area contributed by atoms with Gasteiger partial charge in [0.25, 0.3) is 0 Å². The minimum atomic E-state index is -4.65. The van der Waals surface area contributed by atoms with Crippen LogP contribution in [0.15, 0.2) is 65.3 Å². The first-order valence-corrected chi connectivity index (χ1v) is 8.26. The molecule has 0 fully saturated rings. The Morgan fingerprint density at radius 2 is 1.79 bits per heavy atom. The van der Waals surface area contributed by atoms with Crippen molar-refractivity contribution in [2.45, 2.75) is 12.1 Å². The molecule has 3 aromatic rings. The van der Waals surface area contributed by atoms with Crippen molar-refractivity contribution in [3.05, 3.63) is 83.3 Å². The summed E-state index contributed by atoms with van der Waals surface area (Å²) in [6.45, 7) is 0. The van der Waals surface area contributed by atoms with E-state index in [0.29, 0.717) is 5.56 Å². The summed E-state index contributed by atoms with van der Waals surface area (Å²) in [5.74, 6) is -2.03. The molecule has 1 aromatic heterocycles. The van der Waals surface area contributed by atoms with Crippen LogP contribution in [0.1, 0.15) is 33.2 Å². The second kappa shape index (κ2) is 6.26. The molecule has 2 N–H and O–H groups in total. The lowest BCUT2D eigenvalue weighted by atomic mass is 9.96. The number of nitrogens with two attached hydrogens (primary N) is 1. The minimum Gasteiger partial charge on any atom is -0.468 e. The molecule has 0 saturated heterocycles. The molecule has 2 heterocycles. The molecule has 1 atom stereocenters.